The fourth-order valence-corrected chi connectivity index (χ4v) is 4.21. The summed E-state index contributed by atoms with van der Waals surface area (Å²) in [6, 6.07) is 9.34. The average molecular weight is 439 g/mol. The van der Waals surface area contributed by atoms with Gasteiger partial charge in [-0.25, -0.2) is 14.6 Å². The minimum Gasteiger partial charge on any atom is -0.465 e. The fraction of sp³-hybridized carbons (Fsp3) is 0.292. The van der Waals surface area contributed by atoms with Crippen LogP contribution in [0.2, 0.25) is 0 Å². The Morgan fingerprint density at radius 3 is 2.52 bits per heavy atom. The first-order valence-electron chi connectivity index (χ1n) is 10.1. The van der Waals surface area contributed by atoms with Crippen molar-refractivity contribution >= 4 is 28.8 Å². The number of carbonyl (C=O) groups excluding carboxylic acids is 2. The largest absolute Gasteiger partial charge is 0.465 e. The molecule has 0 aliphatic rings. The number of unbranched alkanes of at least 4 members (excludes halogenated alkanes) is 1. The Hall–Kier alpha value is -3.19. The Labute approximate surface area is 186 Å². The molecular formula is C24H26N2O4S. The zero-order valence-corrected chi connectivity index (χ0v) is 18.8. The third kappa shape index (κ3) is 4.94. The monoisotopic (exact) mass is 438 g/mol. The van der Waals surface area contributed by atoms with E-state index in [1.54, 1.807) is 12.1 Å². The van der Waals surface area contributed by atoms with Gasteiger partial charge in [-0.2, -0.15) is 0 Å². The summed E-state index contributed by atoms with van der Waals surface area (Å²) >= 11 is 1.45. The highest BCUT2D eigenvalue weighted by molar-refractivity contribution is 7.12. The number of esters is 2. The first-order chi connectivity index (χ1) is 15.0. The van der Waals surface area contributed by atoms with E-state index in [1.807, 2.05) is 29.8 Å². The molecule has 0 aliphatic carbocycles. The smallest absolute Gasteiger partial charge is 0.338 e. The van der Waals surface area contributed by atoms with Gasteiger partial charge in [-0.05, 0) is 35.6 Å². The first-order valence-corrected chi connectivity index (χ1v) is 10.9. The highest BCUT2D eigenvalue weighted by Gasteiger charge is 2.20. The molecule has 0 fully saturated rings. The first kappa shape index (κ1) is 22.5. The number of hydrogen-bond donors (Lipinski definition) is 0. The third-order valence-corrected chi connectivity index (χ3v) is 6.03. The highest BCUT2D eigenvalue weighted by atomic mass is 32.1. The van der Waals surface area contributed by atoms with E-state index in [4.69, 9.17) is 9.47 Å². The summed E-state index contributed by atoms with van der Waals surface area (Å²) in [5.74, 6) is 0.178. The molecule has 0 saturated carbocycles. The van der Waals surface area contributed by atoms with E-state index in [-0.39, 0.29) is 5.97 Å². The number of nitrogens with zero attached hydrogens (tertiary/aromatic N) is 2. The molecule has 0 spiro atoms. The normalized spacial score (nSPS) is 10.7. The second-order valence-electron chi connectivity index (χ2n) is 7.07. The Morgan fingerprint density at radius 1 is 1.13 bits per heavy atom. The van der Waals surface area contributed by atoms with Crippen LogP contribution in [0.25, 0.3) is 16.8 Å². The molecule has 2 heterocycles. The minimum absolute atomic E-state index is 0.331. The highest BCUT2D eigenvalue weighted by Crippen LogP contribution is 2.34. The average Bonchev–Trinajstić information content (AvgIpc) is 3.43. The number of aryl methyl sites for hydroxylation is 1. The quantitative estimate of drug-likeness (QED) is 0.348. The molecule has 2 aromatic heterocycles. The molecule has 3 aromatic rings. The van der Waals surface area contributed by atoms with Gasteiger partial charge in [0.1, 0.15) is 5.82 Å². The van der Waals surface area contributed by atoms with Crippen molar-refractivity contribution in [3.05, 3.63) is 70.3 Å². The van der Waals surface area contributed by atoms with Gasteiger partial charge in [0.25, 0.3) is 0 Å². The maximum atomic E-state index is 12.1. The van der Waals surface area contributed by atoms with E-state index >= 15 is 0 Å². The minimum atomic E-state index is -0.445. The van der Waals surface area contributed by atoms with Crippen molar-refractivity contribution in [3.8, 4) is 11.3 Å². The van der Waals surface area contributed by atoms with E-state index in [0.717, 1.165) is 46.8 Å². The molecule has 0 unspecified atom stereocenters. The predicted octanol–water partition coefficient (Wildman–Crippen LogP) is 4.98. The van der Waals surface area contributed by atoms with Gasteiger partial charge < -0.3 is 14.0 Å². The molecule has 0 radical (unpaired) electrons. The number of imidazole rings is 1. The molecule has 0 atom stereocenters. The standard InChI is InChI=1S/C24H26N2O4S/c1-5-6-7-21-25-14-20(19-12-13-31-22(19)16(2)23(27)29-3)26(21)15-17-8-10-18(11-9-17)24(28)30-4/h8-14H,2,5-7,15H2,1,3-4H3. The molecule has 1 aromatic carbocycles. The number of benzene rings is 1. The Kier molecular flexibility index (Phi) is 7.41. The second kappa shape index (κ2) is 10.2. The van der Waals surface area contributed by atoms with Gasteiger partial charge in [-0.3, -0.25) is 0 Å². The molecule has 0 saturated heterocycles. The van der Waals surface area contributed by atoms with Gasteiger partial charge in [0.2, 0.25) is 0 Å². The number of thiophene rings is 1. The molecule has 162 valence electrons. The van der Waals surface area contributed by atoms with E-state index < -0.39 is 5.97 Å². The fourth-order valence-electron chi connectivity index (χ4n) is 3.35. The third-order valence-electron chi connectivity index (χ3n) is 5.05. The van der Waals surface area contributed by atoms with Crippen LogP contribution in [-0.2, 0) is 27.2 Å². The summed E-state index contributed by atoms with van der Waals surface area (Å²) in [5.41, 5.74) is 3.70. The molecule has 0 bridgehead atoms. The van der Waals surface area contributed by atoms with E-state index in [9.17, 15) is 9.59 Å². The summed E-state index contributed by atoms with van der Waals surface area (Å²) in [4.78, 5) is 29.2. The van der Waals surface area contributed by atoms with Gasteiger partial charge in [-0.1, -0.05) is 32.1 Å². The summed E-state index contributed by atoms with van der Waals surface area (Å²) in [5, 5.41) is 1.94. The van der Waals surface area contributed by atoms with Gasteiger partial charge in [0.15, 0.2) is 0 Å². The summed E-state index contributed by atoms with van der Waals surface area (Å²) in [7, 11) is 2.72. The van der Waals surface area contributed by atoms with Gasteiger partial charge in [-0.15, -0.1) is 11.3 Å². The molecule has 0 amide bonds. The molecule has 3 rings (SSSR count). The molecule has 7 heteroatoms. The van der Waals surface area contributed by atoms with Crippen LogP contribution in [0.1, 0.15) is 46.4 Å². The van der Waals surface area contributed by atoms with Crippen molar-refractivity contribution in [2.24, 2.45) is 0 Å². The molecule has 0 N–H and O–H groups in total. The van der Waals surface area contributed by atoms with Crippen LogP contribution in [0.4, 0.5) is 0 Å². The Balaban J connectivity index is 1.99. The number of aromatic nitrogens is 2. The van der Waals surface area contributed by atoms with Crippen molar-refractivity contribution in [2.45, 2.75) is 32.7 Å². The summed E-state index contributed by atoms with van der Waals surface area (Å²) in [6.07, 6.45) is 4.81. The van der Waals surface area contributed by atoms with Crippen molar-refractivity contribution in [1.82, 2.24) is 9.55 Å². The van der Waals surface area contributed by atoms with Crippen LogP contribution in [0.3, 0.4) is 0 Å². The van der Waals surface area contributed by atoms with Gasteiger partial charge >= 0.3 is 11.9 Å². The SMILES string of the molecule is C=C(C(=O)OC)c1sccc1-c1cnc(CCCC)n1Cc1ccc(C(=O)OC)cc1. The predicted molar refractivity (Wildman–Crippen MR) is 122 cm³/mol. The Morgan fingerprint density at radius 2 is 1.87 bits per heavy atom. The lowest BCUT2D eigenvalue weighted by Gasteiger charge is -2.14. The van der Waals surface area contributed by atoms with Crippen LogP contribution in [-0.4, -0.2) is 35.7 Å². The van der Waals surface area contributed by atoms with Crippen LogP contribution in [0, 0.1) is 0 Å². The van der Waals surface area contributed by atoms with Crippen molar-refractivity contribution in [3.63, 3.8) is 0 Å². The summed E-state index contributed by atoms with van der Waals surface area (Å²) in [6.45, 7) is 6.66. The van der Waals surface area contributed by atoms with Crippen LogP contribution < -0.4 is 0 Å². The van der Waals surface area contributed by atoms with Gasteiger partial charge in [0, 0.05) is 18.5 Å². The lowest BCUT2D eigenvalue weighted by Crippen LogP contribution is -2.09. The number of methoxy groups -OCH3 is 2. The topological polar surface area (TPSA) is 70.4 Å². The van der Waals surface area contributed by atoms with Crippen molar-refractivity contribution < 1.29 is 19.1 Å². The lowest BCUT2D eigenvalue weighted by molar-refractivity contribution is -0.133. The van der Waals surface area contributed by atoms with E-state index in [1.165, 1.54) is 25.6 Å². The maximum Gasteiger partial charge on any atom is 0.338 e. The Bertz CT molecular complexity index is 1080. The zero-order chi connectivity index (χ0) is 22.4. The maximum absolute atomic E-state index is 12.1. The van der Waals surface area contributed by atoms with Crippen LogP contribution in [0.5, 0.6) is 0 Å². The number of hydrogen-bond acceptors (Lipinski definition) is 6. The number of ether oxygens (including phenoxy) is 2. The summed E-state index contributed by atoms with van der Waals surface area (Å²) < 4.78 is 11.8. The molecule has 6 nitrogen and oxygen atoms in total. The molecule has 31 heavy (non-hydrogen) atoms. The lowest BCUT2D eigenvalue weighted by atomic mass is 10.1. The number of carbonyl (C=O) groups is 2. The van der Waals surface area contributed by atoms with Crippen LogP contribution in [0.15, 0.2) is 48.5 Å². The van der Waals surface area contributed by atoms with Crippen molar-refractivity contribution in [2.75, 3.05) is 14.2 Å². The van der Waals surface area contributed by atoms with Crippen LogP contribution >= 0.6 is 11.3 Å². The van der Waals surface area contributed by atoms with E-state index in [0.29, 0.717) is 17.7 Å². The molecular weight excluding hydrogens is 412 g/mol. The van der Waals surface area contributed by atoms with E-state index in [2.05, 4.69) is 23.1 Å². The van der Waals surface area contributed by atoms with Crippen molar-refractivity contribution in [1.29, 1.82) is 0 Å². The number of rotatable bonds is 9. The molecule has 0 aliphatic heterocycles. The second-order valence-corrected chi connectivity index (χ2v) is 7.99. The van der Waals surface area contributed by atoms with Gasteiger partial charge in [0.05, 0.1) is 42.1 Å². The zero-order valence-electron chi connectivity index (χ0n) is 18.0.